The third-order valence-electron chi connectivity index (χ3n) is 4.17. The zero-order valence-corrected chi connectivity index (χ0v) is 15.3. The van der Waals surface area contributed by atoms with Crippen molar-refractivity contribution >= 4 is 23.3 Å². The van der Waals surface area contributed by atoms with Gasteiger partial charge in [-0.05, 0) is 35.4 Å². The van der Waals surface area contributed by atoms with Crippen LogP contribution >= 0.6 is 0 Å². The van der Waals surface area contributed by atoms with Gasteiger partial charge >= 0.3 is 6.03 Å². The molecule has 6 heteroatoms. The molecule has 0 unspecified atom stereocenters. The number of nitrogen functional groups attached to an aromatic ring is 1. The van der Waals surface area contributed by atoms with E-state index in [-0.39, 0.29) is 11.9 Å². The van der Waals surface area contributed by atoms with Crippen LogP contribution in [0, 0.1) is 0 Å². The van der Waals surface area contributed by atoms with E-state index in [1.165, 1.54) is 0 Å². The summed E-state index contributed by atoms with van der Waals surface area (Å²) in [5.74, 6) is -0.238. The number of carbonyl (C=O) groups excluding carboxylic acids is 2. The van der Waals surface area contributed by atoms with Gasteiger partial charge in [0.2, 0.25) is 0 Å². The number of hydrogen-bond acceptors (Lipinski definition) is 3. The predicted octanol–water partition coefficient (Wildman–Crippen LogP) is 3.52. The Labute approximate surface area is 163 Å². The molecule has 0 aliphatic carbocycles. The second-order valence-electron chi connectivity index (χ2n) is 6.26. The third kappa shape index (κ3) is 5.35. The number of benzene rings is 3. The highest BCUT2D eigenvalue weighted by Gasteiger charge is 2.08. The average Bonchev–Trinajstić information content (AvgIpc) is 2.73. The molecule has 5 N–H and O–H groups in total. The Morgan fingerprint density at radius 1 is 0.714 bits per heavy atom. The molecule has 28 heavy (non-hydrogen) atoms. The number of carbonyl (C=O) groups is 2. The Morgan fingerprint density at radius 2 is 1.29 bits per heavy atom. The molecule has 0 saturated carbocycles. The molecule has 0 fully saturated rings. The molecule has 3 aromatic carbocycles. The van der Waals surface area contributed by atoms with Crippen LogP contribution < -0.4 is 21.7 Å². The first-order valence-electron chi connectivity index (χ1n) is 8.92. The minimum atomic E-state index is -0.245. The largest absolute Gasteiger partial charge is 0.397 e. The lowest BCUT2D eigenvalue weighted by Gasteiger charge is -2.10. The van der Waals surface area contributed by atoms with Crippen molar-refractivity contribution in [3.05, 3.63) is 95.6 Å². The van der Waals surface area contributed by atoms with E-state index in [4.69, 9.17) is 5.73 Å². The van der Waals surface area contributed by atoms with Crippen molar-refractivity contribution in [3.63, 3.8) is 0 Å². The number of para-hydroxylation sites is 2. The van der Waals surface area contributed by atoms with Crippen molar-refractivity contribution in [3.8, 4) is 0 Å². The van der Waals surface area contributed by atoms with Gasteiger partial charge in [-0.1, -0.05) is 54.6 Å². The van der Waals surface area contributed by atoms with Crippen molar-refractivity contribution < 1.29 is 9.59 Å². The molecule has 0 aliphatic heterocycles. The fourth-order valence-corrected chi connectivity index (χ4v) is 2.60. The number of nitrogens with one attached hydrogen (secondary N) is 3. The first kappa shape index (κ1) is 19.0. The summed E-state index contributed by atoms with van der Waals surface area (Å²) in [4.78, 5) is 24.2. The number of rotatable bonds is 6. The lowest BCUT2D eigenvalue weighted by molar-refractivity contribution is 0.102. The lowest BCUT2D eigenvalue weighted by Crippen LogP contribution is -2.34. The van der Waals surface area contributed by atoms with Crippen molar-refractivity contribution in [2.45, 2.75) is 13.1 Å². The molecule has 6 nitrogen and oxygen atoms in total. The van der Waals surface area contributed by atoms with Gasteiger partial charge in [0.15, 0.2) is 0 Å². The van der Waals surface area contributed by atoms with E-state index in [1.54, 1.807) is 36.4 Å². The first-order valence-corrected chi connectivity index (χ1v) is 8.92. The molecule has 0 aliphatic rings. The molecular formula is C22H22N4O2. The summed E-state index contributed by atoms with van der Waals surface area (Å²) in [6, 6.07) is 23.6. The van der Waals surface area contributed by atoms with Gasteiger partial charge in [0.05, 0.1) is 11.4 Å². The van der Waals surface area contributed by atoms with E-state index in [0.29, 0.717) is 30.0 Å². The summed E-state index contributed by atoms with van der Waals surface area (Å²) in [6.07, 6.45) is 0. The van der Waals surface area contributed by atoms with Gasteiger partial charge < -0.3 is 21.7 Å². The van der Waals surface area contributed by atoms with Crippen molar-refractivity contribution in [1.29, 1.82) is 0 Å². The van der Waals surface area contributed by atoms with Gasteiger partial charge in [-0.3, -0.25) is 4.79 Å². The van der Waals surface area contributed by atoms with E-state index in [1.807, 2.05) is 42.5 Å². The number of nitrogens with two attached hydrogens (primary N) is 1. The number of anilines is 2. The second kappa shape index (κ2) is 9.23. The summed E-state index contributed by atoms with van der Waals surface area (Å²) in [5.41, 5.74) is 9.37. The highest BCUT2D eigenvalue weighted by atomic mass is 16.2. The Morgan fingerprint density at radius 3 is 1.93 bits per heavy atom. The van der Waals surface area contributed by atoms with Crippen LogP contribution in [0.3, 0.4) is 0 Å². The maximum atomic E-state index is 12.3. The molecule has 0 saturated heterocycles. The highest BCUT2D eigenvalue weighted by Crippen LogP contribution is 2.18. The Kier molecular flexibility index (Phi) is 6.25. The van der Waals surface area contributed by atoms with Gasteiger partial charge in [-0.2, -0.15) is 0 Å². The van der Waals surface area contributed by atoms with E-state index < -0.39 is 0 Å². The highest BCUT2D eigenvalue weighted by molar-refractivity contribution is 6.05. The zero-order chi connectivity index (χ0) is 19.8. The maximum absolute atomic E-state index is 12.3. The van der Waals surface area contributed by atoms with Crippen molar-refractivity contribution in [2.75, 3.05) is 11.1 Å². The predicted molar refractivity (Wildman–Crippen MR) is 111 cm³/mol. The van der Waals surface area contributed by atoms with Crippen LogP contribution in [0.15, 0.2) is 78.9 Å². The van der Waals surface area contributed by atoms with Crippen LogP contribution in [0.2, 0.25) is 0 Å². The van der Waals surface area contributed by atoms with E-state index in [0.717, 1.165) is 11.1 Å². The normalized spacial score (nSPS) is 10.1. The Hall–Kier alpha value is -3.80. The molecule has 0 heterocycles. The summed E-state index contributed by atoms with van der Waals surface area (Å²) >= 11 is 0. The molecule has 0 atom stereocenters. The molecule has 0 aromatic heterocycles. The standard InChI is InChI=1S/C22H22N4O2/c23-19-8-4-5-9-20(19)26-21(27)18-12-10-17(11-13-18)15-25-22(28)24-14-16-6-2-1-3-7-16/h1-13H,14-15,23H2,(H,26,27)(H2,24,25,28). The van der Waals surface area contributed by atoms with Crippen LogP contribution in [0.1, 0.15) is 21.5 Å². The first-order chi connectivity index (χ1) is 13.6. The average molecular weight is 374 g/mol. The number of urea groups is 1. The van der Waals surface area contributed by atoms with Crippen LogP contribution in [0.5, 0.6) is 0 Å². The van der Waals surface area contributed by atoms with Gasteiger partial charge in [-0.25, -0.2) is 4.79 Å². The fraction of sp³-hybridized carbons (Fsp3) is 0.0909. The minimum absolute atomic E-state index is 0.238. The summed E-state index contributed by atoms with van der Waals surface area (Å²) in [6.45, 7) is 0.836. The quantitative estimate of drug-likeness (QED) is 0.497. The molecule has 3 amide bonds. The molecule has 0 spiro atoms. The van der Waals surface area contributed by atoms with Crippen LogP contribution in [-0.4, -0.2) is 11.9 Å². The van der Waals surface area contributed by atoms with E-state index in [9.17, 15) is 9.59 Å². The fourth-order valence-electron chi connectivity index (χ4n) is 2.60. The number of amides is 3. The molecule has 0 bridgehead atoms. The molecule has 0 radical (unpaired) electrons. The van der Waals surface area contributed by atoms with Crippen LogP contribution in [0.25, 0.3) is 0 Å². The zero-order valence-electron chi connectivity index (χ0n) is 15.3. The van der Waals surface area contributed by atoms with Gasteiger partial charge in [-0.15, -0.1) is 0 Å². The minimum Gasteiger partial charge on any atom is -0.397 e. The third-order valence-corrected chi connectivity index (χ3v) is 4.17. The number of hydrogen-bond donors (Lipinski definition) is 4. The molecule has 142 valence electrons. The lowest BCUT2D eigenvalue weighted by atomic mass is 10.1. The van der Waals surface area contributed by atoms with Crippen LogP contribution in [-0.2, 0) is 13.1 Å². The molecular weight excluding hydrogens is 352 g/mol. The topological polar surface area (TPSA) is 96.2 Å². The van der Waals surface area contributed by atoms with Crippen LogP contribution in [0.4, 0.5) is 16.2 Å². The van der Waals surface area contributed by atoms with Crippen molar-refractivity contribution in [1.82, 2.24) is 10.6 Å². The van der Waals surface area contributed by atoms with Gasteiger partial charge in [0, 0.05) is 18.7 Å². The Bertz CT molecular complexity index is 940. The monoisotopic (exact) mass is 374 g/mol. The van der Waals surface area contributed by atoms with Gasteiger partial charge in [0.1, 0.15) is 0 Å². The summed E-state index contributed by atoms with van der Waals surface area (Å²) in [7, 11) is 0. The molecule has 3 aromatic rings. The van der Waals surface area contributed by atoms with Crippen molar-refractivity contribution in [2.24, 2.45) is 0 Å². The van der Waals surface area contributed by atoms with E-state index in [2.05, 4.69) is 16.0 Å². The summed E-state index contributed by atoms with van der Waals surface area (Å²) in [5, 5.41) is 8.39. The molecule has 3 rings (SSSR count). The Balaban J connectivity index is 1.48. The SMILES string of the molecule is Nc1ccccc1NC(=O)c1ccc(CNC(=O)NCc2ccccc2)cc1. The smallest absolute Gasteiger partial charge is 0.315 e. The second-order valence-corrected chi connectivity index (χ2v) is 6.26. The maximum Gasteiger partial charge on any atom is 0.315 e. The van der Waals surface area contributed by atoms with E-state index >= 15 is 0 Å². The summed E-state index contributed by atoms with van der Waals surface area (Å²) < 4.78 is 0. The van der Waals surface area contributed by atoms with Gasteiger partial charge in [0.25, 0.3) is 5.91 Å².